The third-order valence-corrected chi connectivity index (χ3v) is 7.91. The van der Waals surface area contributed by atoms with E-state index in [1.165, 1.54) is 38.5 Å². The average Bonchev–Trinajstić information content (AvgIpc) is 3.60. The third kappa shape index (κ3) is 4.02. The van der Waals surface area contributed by atoms with E-state index in [2.05, 4.69) is 145 Å². The van der Waals surface area contributed by atoms with E-state index in [0.29, 0.717) is 5.89 Å². The van der Waals surface area contributed by atoms with Crippen LogP contribution in [0.25, 0.3) is 72.3 Å². The Bertz CT molecular complexity index is 2150. The predicted molar refractivity (Wildman–Crippen MR) is 169 cm³/mol. The number of aromatic nitrogens is 2. The molecule has 3 nitrogen and oxygen atoms in total. The lowest BCUT2D eigenvalue weighted by atomic mass is 10.0. The van der Waals surface area contributed by atoms with E-state index in [0.717, 1.165) is 33.5 Å². The molecule has 41 heavy (non-hydrogen) atoms. The first-order valence-corrected chi connectivity index (χ1v) is 13.9. The van der Waals surface area contributed by atoms with Crippen LogP contribution in [0.5, 0.6) is 0 Å². The highest BCUT2D eigenvalue weighted by molar-refractivity contribution is 6.09. The van der Waals surface area contributed by atoms with Crippen molar-refractivity contribution in [2.45, 2.75) is 6.92 Å². The molecule has 0 fully saturated rings. The molecule has 0 spiro atoms. The Labute approximate surface area is 238 Å². The molecule has 0 unspecified atom stereocenters. The summed E-state index contributed by atoms with van der Waals surface area (Å²) in [4.78, 5) is 4.76. The molecule has 2 heterocycles. The molecule has 0 radical (unpaired) electrons. The van der Waals surface area contributed by atoms with Crippen LogP contribution >= 0.6 is 0 Å². The minimum absolute atomic E-state index is 0.634. The Kier molecular flexibility index (Phi) is 5.36. The molecule has 0 saturated heterocycles. The van der Waals surface area contributed by atoms with Gasteiger partial charge in [0.25, 0.3) is 0 Å². The number of fused-ring (bicyclic) bond motifs is 4. The molecule has 0 aliphatic carbocycles. The van der Waals surface area contributed by atoms with Gasteiger partial charge in [-0.15, -0.1) is 0 Å². The summed E-state index contributed by atoms with van der Waals surface area (Å²) in [6.07, 6.45) is 0. The Morgan fingerprint density at radius 2 is 1.10 bits per heavy atom. The van der Waals surface area contributed by atoms with Gasteiger partial charge in [-0.25, -0.2) is 4.98 Å². The van der Waals surface area contributed by atoms with Crippen molar-refractivity contribution in [2.24, 2.45) is 0 Å². The van der Waals surface area contributed by atoms with Crippen LogP contribution in [-0.2, 0) is 0 Å². The van der Waals surface area contributed by atoms with Crippen LogP contribution in [0.3, 0.4) is 0 Å². The summed E-state index contributed by atoms with van der Waals surface area (Å²) < 4.78 is 8.55. The van der Waals surface area contributed by atoms with E-state index >= 15 is 0 Å². The van der Waals surface area contributed by atoms with Crippen LogP contribution in [0.1, 0.15) is 5.56 Å². The Balaban J connectivity index is 1.09. The first-order chi connectivity index (χ1) is 20.2. The second kappa shape index (κ2) is 9.35. The summed E-state index contributed by atoms with van der Waals surface area (Å²) >= 11 is 0. The number of para-hydroxylation sites is 2. The van der Waals surface area contributed by atoms with E-state index in [-0.39, 0.29) is 0 Å². The molecule has 0 bridgehead atoms. The summed E-state index contributed by atoms with van der Waals surface area (Å²) in [5, 5.41) is 2.54. The lowest BCUT2D eigenvalue weighted by Gasteiger charge is -2.09. The van der Waals surface area contributed by atoms with Gasteiger partial charge < -0.3 is 8.98 Å². The molecule has 194 valence electrons. The van der Waals surface area contributed by atoms with Gasteiger partial charge in [0.1, 0.15) is 5.52 Å². The monoisotopic (exact) mass is 526 g/mol. The van der Waals surface area contributed by atoms with Gasteiger partial charge in [-0.2, -0.15) is 0 Å². The van der Waals surface area contributed by atoms with E-state index in [1.54, 1.807) is 0 Å². The number of aryl methyl sites for hydroxylation is 1. The quantitative estimate of drug-likeness (QED) is 0.228. The zero-order valence-corrected chi connectivity index (χ0v) is 22.6. The summed E-state index contributed by atoms with van der Waals surface area (Å²) in [5.74, 6) is 0.634. The topological polar surface area (TPSA) is 31.0 Å². The molecule has 0 aliphatic heterocycles. The van der Waals surface area contributed by atoms with Crippen molar-refractivity contribution in [3.8, 4) is 39.4 Å². The van der Waals surface area contributed by atoms with Crippen molar-refractivity contribution in [3.05, 3.63) is 145 Å². The molecular formula is C38H26N2O. The van der Waals surface area contributed by atoms with Gasteiger partial charge >= 0.3 is 0 Å². The smallest absolute Gasteiger partial charge is 0.227 e. The Morgan fingerprint density at radius 1 is 0.512 bits per heavy atom. The summed E-state index contributed by atoms with van der Waals surface area (Å²) in [6.45, 7) is 2.11. The van der Waals surface area contributed by atoms with E-state index in [1.807, 2.05) is 6.07 Å². The fourth-order valence-corrected chi connectivity index (χ4v) is 5.86. The van der Waals surface area contributed by atoms with Crippen molar-refractivity contribution >= 4 is 32.9 Å². The fraction of sp³-hybridized carbons (Fsp3) is 0.0263. The number of benzene rings is 6. The molecule has 2 aromatic heterocycles. The van der Waals surface area contributed by atoms with Gasteiger partial charge in [0, 0.05) is 22.0 Å². The second-order valence-corrected chi connectivity index (χ2v) is 10.6. The van der Waals surface area contributed by atoms with Crippen molar-refractivity contribution < 1.29 is 4.42 Å². The van der Waals surface area contributed by atoms with Gasteiger partial charge in [0.15, 0.2) is 5.58 Å². The van der Waals surface area contributed by atoms with Crippen LogP contribution in [0.2, 0.25) is 0 Å². The van der Waals surface area contributed by atoms with Crippen LogP contribution in [-0.4, -0.2) is 9.55 Å². The number of rotatable bonds is 4. The highest BCUT2D eigenvalue weighted by Crippen LogP contribution is 2.33. The maximum Gasteiger partial charge on any atom is 0.227 e. The Hall–Kier alpha value is -5.41. The van der Waals surface area contributed by atoms with Gasteiger partial charge in [-0.3, -0.25) is 0 Å². The van der Waals surface area contributed by atoms with Crippen molar-refractivity contribution in [3.63, 3.8) is 0 Å². The molecule has 0 saturated carbocycles. The van der Waals surface area contributed by atoms with E-state index < -0.39 is 0 Å². The lowest BCUT2D eigenvalue weighted by molar-refractivity contribution is 0.620. The number of hydrogen-bond acceptors (Lipinski definition) is 2. The summed E-state index contributed by atoms with van der Waals surface area (Å²) in [7, 11) is 0. The van der Waals surface area contributed by atoms with Crippen LogP contribution < -0.4 is 0 Å². The van der Waals surface area contributed by atoms with Crippen molar-refractivity contribution in [1.29, 1.82) is 0 Å². The molecule has 0 atom stereocenters. The number of nitrogens with zero attached hydrogens (tertiary/aromatic N) is 2. The highest BCUT2D eigenvalue weighted by Gasteiger charge is 2.13. The predicted octanol–water partition coefficient (Wildman–Crippen LogP) is 10.2. The third-order valence-electron chi connectivity index (χ3n) is 7.91. The first kappa shape index (κ1) is 23.5. The molecule has 0 N–H and O–H groups in total. The van der Waals surface area contributed by atoms with Gasteiger partial charge in [-0.1, -0.05) is 96.6 Å². The zero-order chi connectivity index (χ0) is 27.3. The minimum Gasteiger partial charge on any atom is -0.436 e. The molecular weight excluding hydrogens is 500 g/mol. The standard InChI is InChI=1S/C38H26N2O/c1-25-7-6-8-29(23-25)30-19-22-34-37(24-30)41-38(39-34)28-15-13-26(14-16-28)27-17-20-31(21-18-27)40-35-11-4-2-9-32(35)33-10-3-5-12-36(33)40/h2-24H,1H3. The fourth-order valence-electron chi connectivity index (χ4n) is 5.86. The first-order valence-electron chi connectivity index (χ1n) is 13.9. The van der Waals surface area contributed by atoms with Crippen molar-refractivity contribution in [2.75, 3.05) is 0 Å². The van der Waals surface area contributed by atoms with Gasteiger partial charge in [-0.05, 0) is 77.7 Å². The SMILES string of the molecule is Cc1cccc(-c2ccc3nc(-c4ccc(-c5ccc(-n6c7ccccc7c7ccccc76)cc5)cc4)oc3c2)c1. The normalized spacial score (nSPS) is 11.5. The maximum atomic E-state index is 6.21. The van der Waals surface area contributed by atoms with Crippen molar-refractivity contribution in [1.82, 2.24) is 9.55 Å². The molecule has 3 heteroatoms. The Morgan fingerprint density at radius 3 is 1.78 bits per heavy atom. The van der Waals surface area contributed by atoms with E-state index in [4.69, 9.17) is 9.40 Å². The number of oxazole rings is 1. The maximum absolute atomic E-state index is 6.21. The highest BCUT2D eigenvalue weighted by atomic mass is 16.3. The van der Waals surface area contributed by atoms with Crippen LogP contribution in [0, 0.1) is 6.92 Å². The largest absolute Gasteiger partial charge is 0.436 e. The van der Waals surface area contributed by atoms with Crippen LogP contribution in [0.4, 0.5) is 0 Å². The summed E-state index contributed by atoms with van der Waals surface area (Å²) in [6, 6.07) is 49.2. The van der Waals surface area contributed by atoms with Crippen LogP contribution in [0.15, 0.2) is 144 Å². The van der Waals surface area contributed by atoms with Gasteiger partial charge in [0.2, 0.25) is 5.89 Å². The molecule has 8 rings (SSSR count). The zero-order valence-electron chi connectivity index (χ0n) is 22.6. The molecule has 0 aliphatic rings. The number of hydrogen-bond donors (Lipinski definition) is 0. The second-order valence-electron chi connectivity index (χ2n) is 10.6. The van der Waals surface area contributed by atoms with Gasteiger partial charge in [0.05, 0.1) is 11.0 Å². The average molecular weight is 527 g/mol. The minimum atomic E-state index is 0.634. The summed E-state index contributed by atoms with van der Waals surface area (Å²) in [5.41, 5.74) is 12.1. The lowest BCUT2D eigenvalue weighted by Crippen LogP contribution is -1.93. The molecule has 0 amide bonds. The molecule has 8 aromatic rings. The molecule has 6 aromatic carbocycles. The van der Waals surface area contributed by atoms with E-state index in [9.17, 15) is 0 Å².